The smallest absolute Gasteiger partial charge is 0.303 e. The van der Waals surface area contributed by atoms with Gasteiger partial charge < -0.3 is 28.8 Å². The zero-order valence-corrected chi connectivity index (χ0v) is 17.3. The van der Waals surface area contributed by atoms with Gasteiger partial charge in [0, 0.05) is 27.7 Å². The summed E-state index contributed by atoms with van der Waals surface area (Å²) in [5.41, 5.74) is 0. The summed E-state index contributed by atoms with van der Waals surface area (Å²) in [6.45, 7) is 3.72. The molecule has 2 saturated heterocycles. The van der Waals surface area contributed by atoms with E-state index >= 15 is 0 Å². The molecule has 31 heavy (non-hydrogen) atoms. The van der Waals surface area contributed by atoms with E-state index in [-0.39, 0.29) is 0 Å². The maximum Gasteiger partial charge on any atom is 0.303 e. The van der Waals surface area contributed by atoms with Crippen LogP contribution < -0.4 is 0 Å². The maximum absolute atomic E-state index is 12.4. The zero-order valence-electron chi connectivity index (χ0n) is 17.3. The molecule has 13 heteroatoms. The van der Waals surface area contributed by atoms with Crippen LogP contribution in [0.25, 0.3) is 0 Å². The Labute approximate surface area is 176 Å². The summed E-state index contributed by atoms with van der Waals surface area (Å²) < 4.78 is 26.2. The van der Waals surface area contributed by atoms with Crippen LogP contribution in [-0.4, -0.2) is 89.1 Å². The first-order chi connectivity index (χ1) is 14.4. The van der Waals surface area contributed by atoms with Crippen LogP contribution in [0.15, 0.2) is 0 Å². The minimum Gasteiger partial charge on any atom is -0.463 e. The van der Waals surface area contributed by atoms with Crippen LogP contribution >= 0.6 is 0 Å². The van der Waals surface area contributed by atoms with Crippen molar-refractivity contribution in [1.29, 1.82) is 0 Å². The third-order valence-electron chi connectivity index (χ3n) is 4.38. The van der Waals surface area contributed by atoms with Crippen molar-refractivity contribution in [2.45, 2.75) is 70.9 Å². The highest BCUT2D eigenvalue weighted by Crippen LogP contribution is 2.33. The van der Waals surface area contributed by atoms with Crippen LogP contribution in [0.3, 0.4) is 0 Å². The van der Waals surface area contributed by atoms with Crippen LogP contribution in [0.5, 0.6) is 0 Å². The Bertz CT molecular complexity index is 780. The van der Waals surface area contributed by atoms with E-state index in [1.807, 2.05) is 0 Å². The predicted octanol–water partition coefficient (Wildman–Crippen LogP) is -1.81. The molecule has 0 aromatic carbocycles. The fourth-order valence-electron chi connectivity index (χ4n) is 3.32. The van der Waals surface area contributed by atoms with E-state index in [0.717, 1.165) is 27.7 Å². The third-order valence-corrected chi connectivity index (χ3v) is 4.38. The average molecular weight is 445 g/mol. The fraction of sp³-hybridized carbons (Fsp3) is 0.667. The predicted molar refractivity (Wildman–Crippen MR) is 94.4 cm³/mol. The van der Waals surface area contributed by atoms with E-state index in [2.05, 4.69) is 0 Å². The molecule has 0 bridgehead atoms. The summed E-state index contributed by atoms with van der Waals surface area (Å²) in [4.78, 5) is 71.6. The molecule has 0 aliphatic carbocycles. The Hall–Kier alpha value is -3.06. The summed E-state index contributed by atoms with van der Waals surface area (Å²) in [6.07, 6.45) is -9.69. The van der Waals surface area contributed by atoms with Crippen molar-refractivity contribution in [2.75, 3.05) is 6.61 Å². The van der Waals surface area contributed by atoms with Crippen LogP contribution in [-0.2, 0) is 52.5 Å². The summed E-state index contributed by atoms with van der Waals surface area (Å²) in [6, 6.07) is 0. The minimum absolute atomic E-state index is 0.507. The van der Waals surface area contributed by atoms with Gasteiger partial charge in [0.25, 0.3) is 5.91 Å². The molecule has 2 aliphatic rings. The molecule has 0 unspecified atom stereocenters. The second kappa shape index (κ2) is 9.83. The first-order valence-corrected chi connectivity index (χ1v) is 9.26. The number of esters is 4. The molecule has 2 rings (SSSR count). The molecular weight excluding hydrogens is 422 g/mol. The van der Waals surface area contributed by atoms with Gasteiger partial charge in [-0.3, -0.25) is 28.8 Å². The van der Waals surface area contributed by atoms with Gasteiger partial charge in [0.2, 0.25) is 5.91 Å². The van der Waals surface area contributed by atoms with Crippen molar-refractivity contribution in [2.24, 2.45) is 0 Å². The average Bonchev–Trinajstić information content (AvgIpc) is 2.88. The molecule has 0 radical (unpaired) electrons. The topological polar surface area (TPSA) is 172 Å². The number of imide groups is 1. The summed E-state index contributed by atoms with van der Waals surface area (Å²) >= 11 is 0. The van der Waals surface area contributed by atoms with Crippen LogP contribution in [0.2, 0.25) is 0 Å². The van der Waals surface area contributed by atoms with Crippen molar-refractivity contribution in [3.63, 3.8) is 0 Å². The van der Waals surface area contributed by atoms with Crippen molar-refractivity contribution in [3.8, 4) is 0 Å². The number of rotatable bonds is 6. The Balaban J connectivity index is 2.53. The van der Waals surface area contributed by atoms with Gasteiger partial charge in [-0.1, -0.05) is 0 Å². The highest BCUT2D eigenvalue weighted by Gasteiger charge is 2.57. The zero-order chi connectivity index (χ0) is 23.5. The van der Waals surface area contributed by atoms with Gasteiger partial charge in [-0.05, 0) is 0 Å². The molecule has 0 spiro atoms. The molecule has 172 valence electrons. The van der Waals surface area contributed by atoms with Crippen molar-refractivity contribution < 1.29 is 57.6 Å². The quantitative estimate of drug-likeness (QED) is 0.276. The van der Waals surface area contributed by atoms with E-state index < -0.39 is 85.5 Å². The molecule has 1 N–H and O–H groups in total. The van der Waals surface area contributed by atoms with Gasteiger partial charge in [-0.2, -0.15) is 0 Å². The van der Waals surface area contributed by atoms with Crippen LogP contribution in [0.4, 0.5) is 0 Å². The Kier molecular flexibility index (Phi) is 7.68. The number of carbonyl (C=O) groups excluding carboxylic acids is 6. The first kappa shape index (κ1) is 24.2. The van der Waals surface area contributed by atoms with Gasteiger partial charge in [0.1, 0.15) is 18.8 Å². The van der Waals surface area contributed by atoms with E-state index in [1.165, 1.54) is 0 Å². The number of likely N-dealkylation sites (tertiary alicyclic amines) is 1. The summed E-state index contributed by atoms with van der Waals surface area (Å²) in [7, 11) is 0. The maximum atomic E-state index is 12.4. The number of hydrogen-bond donors (Lipinski definition) is 1. The minimum atomic E-state index is -1.65. The number of ether oxygens (including phenoxy) is 5. The fourth-order valence-corrected chi connectivity index (χ4v) is 3.32. The van der Waals surface area contributed by atoms with Crippen molar-refractivity contribution >= 4 is 35.7 Å². The second-order valence-electron chi connectivity index (χ2n) is 6.91. The molecule has 6 atom stereocenters. The number of aliphatic hydroxyl groups excluding tert-OH is 1. The Morgan fingerprint density at radius 2 is 1.42 bits per heavy atom. The van der Waals surface area contributed by atoms with Crippen molar-refractivity contribution in [1.82, 2.24) is 4.90 Å². The van der Waals surface area contributed by atoms with Crippen LogP contribution in [0.1, 0.15) is 34.1 Å². The molecule has 2 aliphatic heterocycles. The van der Waals surface area contributed by atoms with Gasteiger partial charge in [0.15, 0.2) is 24.5 Å². The molecular formula is C18H23NO12. The molecule has 0 aromatic rings. The molecule has 0 aromatic heterocycles. The molecule has 13 nitrogen and oxygen atoms in total. The lowest BCUT2D eigenvalue weighted by Gasteiger charge is -2.46. The van der Waals surface area contributed by atoms with E-state index in [4.69, 9.17) is 23.7 Å². The normalized spacial score (nSPS) is 30.5. The van der Waals surface area contributed by atoms with E-state index in [1.54, 1.807) is 0 Å². The monoisotopic (exact) mass is 445 g/mol. The lowest BCUT2D eigenvalue weighted by atomic mass is 9.96. The third kappa shape index (κ3) is 5.76. The van der Waals surface area contributed by atoms with Gasteiger partial charge in [0.05, 0.1) is 6.42 Å². The highest BCUT2D eigenvalue weighted by molar-refractivity contribution is 6.05. The summed E-state index contributed by atoms with van der Waals surface area (Å²) in [5.74, 6) is -5.12. The number of amides is 2. The lowest BCUT2D eigenvalue weighted by Crippen LogP contribution is -2.67. The summed E-state index contributed by atoms with van der Waals surface area (Å²) in [5, 5.41) is 9.76. The Morgan fingerprint density at radius 1 is 0.903 bits per heavy atom. The first-order valence-electron chi connectivity index (χ1n) is 9.26. The van der Waals surface area contributed by atoms with Gasteiger partial charge in [-0.15, -0.1) is 0 Å². The van der Waals surface area contributed by atoms with Gasteiger partial charge >= 0.3 is 23.9 Å². The lowest BCUT2D eigenvalue weighted by molar-refractivity contribution is -0.272. The van der Waals surface area contributed by atoms with E-state index in [0.29, 0.717) is 4.90 Å². The van der Waals surface area contributed by atoms with Crippen molar-refractivity contribution in [3.05, 3.63) is 0 Å². The van der Waals surface area contributed by atoms with Crippen LogP contribution in [0, 0.1) is 0 Å². The number of hydrogen-bond acceptors (Lipinski definition) is 12. The molecule has 0 saturated carbocycles. The highest BCUT2D eigenvalue weighted by atomic mass is 16.7. The standard InChI is InChI=1S/C18H23NO12/c1-7(20)27-6-12-14(28-8(2)21)15(29-9(3)22)16(30-10(4)23)18(31-12)19-13(25)5-11(24)17(19)26/h11-12,14-16,18,24H,5-6H2,1-4H3/t11-,12+,14+,15-,16+,18+/m0/s1. The largest absolute Gasteiger partial charge is 0.463 e. The number of nitrogens with zero attached hydrogens (tertiary/aromatic N) is 1. The molecule has 2 amide bonds. The number of carbonyl (C=O) groups is 6. The number of aliphatic hydroxyl groups is 1. The van der Waals surface area contributed by atoms with Gasteiger partial charge in [-0.25, -0.2) is 4.90 Å². The Morgan fingerprint density at radius 3 is 1.87 bits per heavy atom. The second-order valence-corrected chi connectivity index (χ2v) is 6.91. The van der Waals surface area contributed by atoms with E-state index in [9.17, 15) is 33.9 Å². The molecule has 2 fully saturated rings. The SMILES string of the molecule is CC(=O)OC[C@H]1O[C@@H](N2C(=O)C[C@H](O)C2=O)[C@H](OC(C)=O)[C@@H](OC(C)=O)[C@@H]1OC(C)=O. The molecule has 2 heterocycles.